The van der Waals surface area contributed by atoms with E-state index in [0.29, 0.717) is 5.71 Å². The van der Waals surface area contributed by atoms with Gasteiger partial charge in [0.15, 0.2) is 0 Å². The molecule has 6 heteroatoms. The molecule has 0 radical (unpaired) electrons. The molecule has 0 saturated heterocycles. The molecule has 0 spiro atoms. The number of hydrogen-bond donors (Lipinski definition) is 1. The Labute approximate surface area is 157 Å². The molecule has 128 valence electrons. The molecular formula is C21H12N4OS. The maximum Gasteiger partial charge on any atom is 0.227 e. The molecule has 0 aromatic carbocycles. The first kappa shape index (κ1) is 14.6. The number of nitrogens with zero attached hydrogens (tertiary/aromatic N) is 3. The van der Waals surface area contributed by atoms with E-state index in [4.69, 9.17) is 9.40 Å². The van der Waals surface area contributed by atoms with Crippen molar-refractivity contribution in [2.75, 3.05) is 0 Å². The highest BCUT2D eigenvalue weighted by Crippen LogP contribution is 2.31. The second-order valence-corrected chi connectivity index (χ2v) is 7.26. The topological polar surface area (TPSA) is 67.6 Å². The van der Waals surface area contributed by atoms with Crippen LogP contribution in [0, 0.1) is 0 Å². The van der Waals surface area contributed by atoms with Crippen molar-refractivity contribution in [3.8, 4) is 22.7 Å². The third-order valence-electron chi connectivity index (χ3n) is 4.64. The van der Waals surface area contributed by atoms with Gasteiger partial charge in [-0.05, 0) is 53.9 Å². The zero-order valence-electron chi connectivity index (χ0n) is 14.0. The molecule has 0 atom stereocenters. The van der Waals surface area contributed by atoms with Crippen LogP contribution in [-0.2, 0) is 0 Å². The Balaban J connectivity index is 1.46. The number of pyridine rings is 3. The first-order chi connectivity index (χ1) is 13.3. The molecule has 1 N–H and O–H groups in total. The number of H-pyrrole nitrogens is 1. The van der Waals surface area contributed by atoms with Crippen molar-refractivity contribution in [3.05, 3.63) is 66.3 Å². The summed E-state index contributed by atoms with van der Waals surface area (Å²) in [4.78, 5) is 17.9. The van der Waals surface area contributed by atoms with Crippen LogP contribution in [0.1, 0.15) is 0 Å². The molecule has 0 saturated carbocycles. The van der Waals surface area contributed by atoms with Crippen molar-refractivity contribution in [3.63, 3.8) is 0 Å². The van der Waals surface area contributed by atoms with Crippen LogP contribution in [0.15, 0.2) is 70.7 Å². The second kappa shape index (κ2) is 5.49. The lowest BCUT2D eigenvalue weighted by molar-refractivity contribution is 0.619. The predicted molar refractivity (Wildman–Crippen MR) is 108 cm³/mol. The molecule has 0 unspecified atom stereocenters. The van der Waals surface area contributed by atoms with E-state index >= 15 is 0 Å². The van der Waals surface area contributed by atoms with E-state index in [1.165, 1.54) is 0 Å². The van der Waals surface area contributed by atoms with Crippen molar-refractivity contribution < 1.29 is 4.42 Å². The molecule has 6 heterocycles. The van der Waals surface area contributed by atoms with E-state index in [0.717, 1.165) is 49.3 Å². The van der Waals surface area contributed by atoms with Gasteiger partial charge in [-0.2, -0.15) is 0 Å². The lowest BCUT2D eigenvalue weighted by atomic mass is 10.2. The lowest BCUT2D eigenvalue weighted by Crippen LogP contribution is -1.83. The average molecular weight is 368 g/mol. The Morgan fingerprint density at radius 1 is 0.926 bits per heavy atom. The summed E-state index contributed by atoms with van der Waals surface area (Å²) in [6.07, 6.45) is 3.62. The van der Waals surface area contributed by atoms with Crippen LogP contribution in [0.2, 0.25) is 0 Å². The molecular weight excluding hydrogens is 356 g/mol. The highest BCUT2D eigenvalue weighted by atomic mass is 32.1. The number of furan rings is 1. The van der Waals surface area contributed by atoms with Gasteiger partial charge in [-0.25, -0.2) is 15.0 Å². The van der Waals surface area contributed by atoms with Crippen molar-refractivity contribution >= 4 is 43.7 Å². The van der Waals surface area contributed by atoms with Gasteiger partial charge in [0.1, 0.15) is 16.2 Å². The van der Waals surface area contributed by atoms with Gasteiger partial charge in [0.2, 0.25) is 5.71 Å². The third-order valence-corrected chi connectivity index (χ3v) is 5.48. The molecule has 0 aliphatic carbocycles. The molecule has 6 rings (SSSR count). The van der Waals surface area contributed by atoms with Gasteiger partial charge in [-0.3, -0.25) is 0 Å². The Bertz CT molecular complexity index is 1410. The van der Waals surface area contributed by atoms with E-state index < -0.39 is 0 Å². The van der Waals surface area contributed by atoms with Gasteiger partial charge >= 0.3 is 0 Å². The minimum absolute atomic E-state index is 0.611. The van der Waals surface area contributed by atoms with Crippen LogP contribution < -0.4 is 0 Å². The first-order valence-electron chi connectivity index (χ1n) is 8.52. The molecule has 0 amide bonds. The summed E-state index contributed by atoms with van der Waals surface area (Å²) in [5.74, 6) is 0.772. The summed E-state index contributed by atoms with van der Waals surface area (Å²) in [7, 11) is 0. The smallest absolute Gasteiger partial charge is 0.227 e. The minimum Gasteiger partial charge on any atom is -0.438 e. The fourth-order valence-electron chi connectivity index (χ4n) is 3.30. The first-order valence-corrected chi connectivity index (χ1v) is 9.40. The molecule has 0 fully saturated rings. The van der Waals surface area contributed by atoms with Gasteiger partial charge in [0.05, 0.1) is 11.4 Å². The van der Waals surface area contributed by atoms with Crippen molar-refractivity contribution in [2.45, 2.75) is 0 Å². The fraction of sp³-hybridized carbons (Fsp3) is 0. The van der Waals surface area contributed by atoms with Crippen molar-refractivity contribution in [2.24, 2.45) is 0 Å². The van der Waals surface area contributed by atoms with E-state index in [9.17, 15) is 0 Å². The predicted octanol–water partition coefficient (Wildman–Crippen LogP) is 5.65. The summed E-state index contributed by atoms with van der Waals surface area (Å²) < 4.78 is 6.04. The maximum absolute atomic E-state index is 6.04. The lowest BCUT2D eigenvalue weighted by Gasteiger charge is -1.97. The number of aromatic nitrogens is 4. The summed E-state index contributed by atoms with van der Waals surface area (Å²) in [5.41, 5.74) is 4.16. The van der Waals surface area contributed by atoms with Crippen LogP contribution in [0.4, 0.5) is 0 Å². The minimum atomic E-state index is 0.611. The molecule has 6 aromatic heterocycles. The number of hydrogen-bond acceptors (Lipinski definition) is 5. The zero-order valence-corrected chi connectivity index (χ0v) is 14.8. The zero-order chi connectivity index (χ0) is 17.8. The summed E-state index contributed by atoms with van der Waals surface area (Å²) in [5, 5.41) is 5.19. The Hall–Kier alpha value is -3.51. The van der Waals surface area contributed by atoms with Crippen LogP contribution in [0.3, 0.4) is 0 Å². The fourth-order valence-corrected chi connectivity index (χ4v) is 4.02. The van der Waals surface area contributed by atoms with Gasteiger partial charge in [-0.15, -0.1) is 11.3 Å². The largest absolute Gasteiger partial charge is 0.438 e. The Morgan fingerprint density at radius 3 is 2.89 bits per heavy atom. The quantitative estimate of drug-likeness (QED) is 0.429. The third kappa shape index (κ3) is 2.34. The van der Waals surface area contributed by atoms with Gasteiger partial charge in [0.25, 0.3) is 0 Å². The highest BCUT2D eigenvalue weighted by molar-refractivity contribution is 7.16. The van der Waals surface area contributed by atoms with E-state index in [1.54, 1.807) is 17.5 Å². The summed E-state index contributed by atoms with van der Waals surface area (Å²) >= 11 is 1.63. The standard InChI is InChI=1S/C21H12N4OS/c1-2-12-9-17(24-19(12)22-6-1)16-4-3-13-10-18(26-20(13)25-16)15-8-14-5-7-27-21(14)23-11-15/h1-11H,(H,22,24). The second-order valence-electron chi connectivity index (χ2n) is 6.36. The monoisotopic (exact) mass is 368 g/mol. The highest BCUT2D eigenvalue weighted by Gasteiger charge is 2.12. The number of fused-ring (bicyclic) bond motifs is 3. The molecule has 27 heavy (non-hydrogen) atoms. The Morgan fingerprint density at radius 2 is 1.93 bits per heavy atom. The number of aromatic amines is 1. The molecule has 0 aliphatic rings. The normalized spacial score (nSPS) is 11.7. The SMILES string of the molecule is c1cnc2[nH]c(-c3ccc4cc(-c5cnc6sccc6c5)oc4n3)cc2c1. The van der Waals surface area contributed by atoms with Crippen LogP contribution in [-0.4, -0.2) is 19.9 Å². The van der Waals surface area contributed by atoms with Crippen LogP contribution >= 0.6 is 11.3 Å². The van der Waals surface area contributed by atoms with Crippen molar-refractivity contribution in [1.29, 1.82) is 0 Å². The van der Waals surface area contributed by atoms with Gasteiger partial charge in [-0.1, -0.05) is 0 Å². The molecule has 5 nitrogen and oxygen atoms in total. The maximum atomic E-state index is 6.04. The van der Waals surface area contributed by atoms with E-state index in [2.05, 4.69) is 33.2 Å². The Kier molecular flexibility index (Phi) is 2.98. The van der Waals surface area contributed by atoms with E-state index in [1.807, 2.05) is 41.9 Å². The number of rotatable bonds is 2. The summed E-state index contributed by atoms with van der Waals surface area (Å²) in [6, 6.07) is 16.2. The molecule has 6 aromatic rings. The van der Waals surface area contributed by atoms with E-state index in [-0.39, 0.29) is 0 Å². The molecule has 0 bridgehead atoms. The average Bonchev–Trinajstić information content (AvgIpc) is 3.42. The van der Waals surface area contributed by atoms with Crippen LogP contribution in [0.5, 0.6) is 0 Å². The van der Waals surface area contributed by atoms with Gasteiger partial charge < -0.3 is 9.40 Å². The van der Waals surface area contributed by atoms with Gasteiger partial charge in [0, 0.05) is 34.1 Å². The van der Waals surface area contributed by atoms with Crippen LogP contribution in [0.25, 0.3) is 55.1 Å². The summed E-state index contributed by atoms with van der Waals surface area (Å²) in [6.45, 7) is 0. The molecule has 0 aliphatic heterocycles. The van der Waals surface area contributed by atoms with Crippen molar-refractivity contribution in [1.82, 2.24) is 19.9 Å². The number of thiophene rings is 1. The number of nitrogens with one attached hydrogen (secondary N) is 1.